The van der Waals surface area contributed by atoms with Gasteiger partial charge in [-0.05, 0) is 67.7 Å². The van der Waals surface area contributed by atoms with E-state index in [1.165, 1.54) is 12.5 Å². The van der Waals surface area contributed by atoms with Crippen LogP contribution in [-0.4, -0.2) is 30.4 Å². The van der Waals surface area contributed by atoms with Crippen LogP contribution in [0.1, 0.15) is 69.1 Å². The highest BCUT2D eigenvalue weighted by atomic mass is 16.5. The molecule has 1 fully saturated rings. The second-order valence-corrected chi connectivity index (χ2v) is 10.3. The maximum atomic E-state index is 12.4. The first kappa shape index (κ1) is 28.2. The molecule has 3 unspecified atom stereocenters. The van der Waals surface area contributed by atoms with E-state index in [2.05, 4.69) is 17.6 Å². The molecule has 1 saturated carbocycles. The average Bonchev–Trinajstić information content (AvgIpc) is 2.85. The molecule has 0 aromatic heterocycles. The van der Waals surface area contributed by atoms with Gasteiger partial charge in [0.1, 0.15) is 12.4 Å². The number of rotatable bonds is 12. The summed E-state index contributed by atoms with van der Waals surface area (Å²) in [6.07, 6.45) is 4.17. The van der Waals surface area contributed by atoms with E-state index in [1.807, 2.05) is 55.5 Å². The van der Waals surface area contributed by atoms with Crippen LogP contribution in [0.5, 0.6) is 5.75 Å². The maximum absolute atomic E-state index is 12.4. The number of carbonyl (C=O) groups is 3. The molecule has 3 atom stereocenters. The van der Waals surface area contributed by atoms with E-state index in [0.29, 0.717) is 38.3 Å². The summed E-state index contributed by atoms with van der Waals surface area (Å²) in [5, 5.41) is 5.92. The molecule has 200 valence electrons. The van der Waals surface area contributed by atoms with Crippen molar-refractivity contribution in [3.63, 3.8) is 0 Å². The SMILES string of the molecule is CC(=O)NC1CC(C)CC(CC(=O)OCc2ccc(OCCCC(=O)NCc3ccc(C)cc3)cc2)C1. The molecule has 0 bridgehead atoms. The van der Waals surface area contributed by atoms with Gasteiger partial charge in [0.25, 0.3) is 0 Å². The van der Waals surface area contributed by atoms with Crippen LogP contribution < -0.4 is 15.4 Å². The predicted molar refractivity (Wildman–Crippen MR) is 143 cm³/mol. The maximum Gasteiger partial charge on any atom is 0.306 e. The molecule has 7 nitrogen and oxygen atoms in total. The molecule has 2 aromatic rings. The minimum Gasteiger partial charge on any atom is -0.494 e. The first-order valence-electron chi connectivity index (χ1n) is 13.2. The van der Waals surface area contributed by atoms with E-state index in [0.717, 1.165) is 36.1 Å². The van der Waals surface area contributed by atoms with Crippen molar-refractivity contribution in [2.24, 2.45) is 11.8 Å². The Bertz CT molecular complexity index is 1020. The standard InChI is InChI=1S/C30H40N2O5/c1-21-6-8-24(9-7-21)19-31-29(34)5-4-14-36-28-12-10-25(11-13-28)20-37-30(35)18-26-15-22(2)16-27(17-26)32-23(3)33/h6-13,22,26-27H,4-5,14-20H2,1-3H3,(H,31,34)(H,32,33). The van der Waals surface area contributed by atoms with Gasteiger partial charge in [-0.15, -0.1) is 0 Å². The second-order valence-electron chi connectivity index (χ2n) is 10.3. The van der Waals surface area contributed by atoms with Crippen LogP contribution in [0.25, 0.3) is 0 Å². The Morgan fingerprint density at radius 3 is 2.35 bits per heavy atom. The van der Waals surface area contributed by atoms with Crippen molar-refractivity contribution >= 4 is 17.8 Å². The lowest BCUT2D eigenvalue weighted by atomic mass is 9.78. The van der Waals surface area contributed by atoms with Crippen molar-refractivity contribution in [1.29, 1.82) is 0 Å². The molecule has 0 radical (unpaired) electrons. The summed E-state index contributed by atoms with van der Waals surface area (Å²) in [6, 6.07) is 15.7. The fourth-order valence-corrected chi connectivity index (χ4v) is 4.88. The van der Waals surface area contributed by atoms with Gasteiger partial charge in [0.15, 0.2) is 0 Å². The summed E-state index contributed by atoms with van der Waals surface area (Å²) < 4.78 is 11.2. The summed E-state index contributed by atoms with van der Waals surface area (Å²) >= 11 is 0. The second kappa shape index (κ2) is 14.4. The highest BCUT2D eigenvalue weighted by Gasteiger charge is 2.28. The number of ether oxygens (including phenoxy) is 2. The zero-order chi connectivity index (χ0) is 26.6. The normalized spacial score (nSPS) is 19.1. The van der Waals surface area contributed by atoms with Crippen LogP contribution in [0.2, 0.25) is 0 Å². The Morgan fingerprint density at radius 2 is 1.65 bits per heavy atom. The summed E-state index contributed by atoms with van der Waals surface area (Å²) in [5.41, 5.74) is 3.17. The quantitative estimate of drug-likeness (QED) is 0.316. The minimum absolute atomic E-state index is 0.00894. The van der Waals surface area contributed by atoms with Crippen LogP contribution in [0.3, 0.4) is 0 Å². The third-order valence-corrected chi connectivity index (χ3v) is 6.65. The largest absolute Gasteiger partial charge is 0.494 e. The van der Waals surface area contributed by atoms with Crippen molar-refractivity contribution in [3.05, 3.63) is 65.2 Å². The summed E-state index contributed by atoms with van der Waals surface area (Å²) in [7, 11) is 0. The minimum atomic E-state index is -0.207. The first-order chi connectivity index (χ1) is 17.8. The lowest BCUT2D eigenvalue weighted by molar-refractivity contribution is -0.146. The topological polar surface area (TPSA) is 93.7 Å². The zero-order valence-corrected chi connectivity index (χ0v) is 22.3. The molecule has 0 saturated heterocycles. The average molecular weight is 509 g/mol. The van der Waals surface area contributed by atoms with Gasteiger partial charge in [-0.1, -0.05) is 48.9 Å². The molecule has 1 aliphatic rings. The Hall–Kier alpha value is -3.35. The van der Waals surface area contributed by atoms with Crippen molar-refractivity contribution in [2.45, 2.75) is 78.5 Å². The van der Waals surface area contributed by atoms with E-state index in [1.54, 1.807) is 0 Å². The van der Waals surface area contributed by atoms with E-state index >= 15 is 0 Å². The van der Waals surface area contributed by atoms with Gasteiger partial charge in [-0.3, -0.25) is 14.4 Å². The number of aryl methyl sites for hydroxylation is 1. The fourth-order valence-electron chi connectivity index (χ4n) is 4.88. The summed E-state index contributed by atoms with van der Waals surface area (Å²) in [6.45, 7) is 6.94. The van der Waals surface area contributed by atoms with E-state index < -0.39 is 0 Å². The lowest BCUT2D eigenvalue weighted by Gasteiger charge is -2.33. The van der Waals surface area contributed by atoms with Gasteiger partial charge in [-0.25, -0.2) is 0 Å². The molecule has 7 heteroatoms. The number of benzene rings is 2. The molecule has 3 rings (SSSR count). The van der Waals surface area contributed by atoms with Crippen LogP contribution in [0.4, 0.5) is 0 Å². The molecule has 0 heterocycles. The van der Waals surface area contributed by atoms with Gasteiger partial charge in [0, 0.05) is 32.4 Å². The molecule has 0 spiro atoms. The molecular formula is C30H40N2O5. The molecule has 37 heavy (non-hydrogen) atoms. The highest BCUT2D eigenvalue weighted by Crippen LogP contribution is 2.31. The van der Waals surface area contributed by atoms with Crippen LogP contribution >= 0.6 is 0 Å². The zero-order valence-electron chi connectivity index (χ0n) is 22.3. The van der Waals surface area contributed by atoms with Gasteiger partial charge in [-0.2, -0.15) is 0 Å². The van der Waals surface area contributed by atoms with Crippen LogP contribution in [0.15, 0.2) is 48.5 Å². The van der Waals surface area contributed by atoms with Crippen LogP contribution in [0, 0.1) is 18.8 Å². The Kier molecular flexibility index (Phi) is 11.0. The Balaban J connectivity index is 1.29. The van der Waals surface area contributed by atoms with Crippen molar-refractivity contribution in [1.82, 2.24) is 10.6 Å². The number of hydrogen-bond acceptors (Lipinski definition) is 5. The van der Waals surface area contributed by atoms with Crippen molar-refractivity contribution in [3.8, 4) is 5.75 Å². The van der Waals surface area contributed by atoms with E-state index in [9.17, 15) is 14.4 Å². The number of nitrogens with one attached hydrogen (secondary N) is 2. The van der Waals surface area contributed by atoms with Crippen molar-refractivity contribution < 1.29 is 23.9 Å². The number of carbonyl (C=O) groups excluding carboxylic acids is 3. The molecular weight excluding hydrogens is 468 g/mol. The smallest absolute Gasteiger partial charge is 0.306 e. The molecule has 2 aromatic carbocycles. The highest BCUT2D eigenvalue weighted by molar-refractivity contribution is 5.75. The van der Waals surface area contributed by atoms with Crippen LogP contribution in [-0.2, 0) is 32.3 Å². The molecule has 1 aliphatic carbocycles. The summed E-state index contributed by atoms with van der Waals surface area (Å²) in [5.74, 6) is 1.21. The monoisotopic (exact) mass is 508 g/mol. The number of amides is 2. The molecule has 0 aliphatic heterocycles. The third-order valence-electron chi connectivity index (χ3n) is 6.65. The van der Waals surface area contributed by atoms with Crippen molar-refractivity contribution in [2.75, 3.05) is 6.61 Å². The van der Waals surface area contributed by atoms with Gasteiger partial charge < -0.3 is 20.1 Å². The predicted octanol–water partition coefficient (Wildman–Crippen LogP) is 4.84. The number of hydrogen-bond donors (Lipinski definition) is 2. The fraction of sp³-hybridized carbons (Fsp3) is 0.500. The molecule has 2 N–H and O–H groups in total. The third kappa shape index (κ3) is 10.7. The first-order valence-corrected chi connectivity index (χ1v) is 13.2. The van der Waals surface area contributed by atoms with Gasteiger partial charge in [0.2, 0.25) is 11.8 Å². The molecule has 2 amide bonds. The van der Waals surface area contributed by atoms with Gasteiger partial charge in [0.05, 0.1) is 6.61 Å². The summed E-state index contributed by atoms with van der Waals surface area (Å²) in [4.78, 5) is 35.8. The van der Waals surface area contributed by atoms with Gasteiger partial charge >= 0.3 is 5.97 Å². The van der Waals surface area contributed by atoms with E-state index in [-0.39, 0.29) is 36.4 Å². The Labute approximate surface area is 220 Å². The Morgan fingerprint density at radius 1 is 0.946 bits per heavy atom. The lowest BCUT2D eigenvalue weighted by Crippen LogP contribution is -2.39. The number of esters is 1. The van der Waals surface area contributed by atoms with E-state index in [4.69, 9.17) is 9.47 Å².